The Morgan fingerprint density at radius 1 is 1.35 bits per heavy atom. The Morgan fingerprint density at radius 3 is 2.87 bits per heavy atom. The van der Waals surface area contributed by atoms with Crippen molar-refractivity contribution in [3.63, 3.8) is 0 Å². The number of hydrogen-bond acceptors (Lipinski definition) is 7. The number of fused-ring (bicyclic) bond motifs is 1. The second-order valence-corrected chi connectivity index (χ2v) is 8.30. The zero-order valence-electron chi connectivity index (χ0n) is 17.2. The van der Waals surface area contributed by atoms with Crippen LogP contribution >= 0.6 is 0 Å². The van der Waals surface area contributed by atoms with Gasteiger partial charge in [0.05, 0.1) is 6.20 Å². The topological polar surface area (TPSA) is 133 Å². The molecule has 2 aliphatic rings. The number of nitrogens with two attached hydrogens (primary N) is 1. The van der Waals surface area contributed by atoms with Gasteiger partial charge in [-0.05, 0) is 55.3 Å². The van der Waals surface area contributed by atoms with E-state index in [2.05, 4.69) is 32.1 Å². The first-order valence-corrected chi connectivity index (χ1v) is 10.5. The van der Waals surface area contributed by atoms with E-state index < -0.39 is 0 Å². The van der Waals surface area contributed by atoms with Crippen molar-refractivity contribution in [3.8, 4) is 6.07 Å². The molecule has 1 aromatic carbocycles. The van der Waals surface area contributed by atoms with Crippen LogP contribution in [0.3, 0.4) is 0 Å². The molecule has 0 saturated heterocycles. The number of anilines is 4. The third-order valence-corrected chi connectivity index (χ3v) is 5.78. The van der Waals surface area contributed by atoms with Crippen molar-refractivity contribution in [1.82, 2.24) is 14.6 Å². The molecule has 2 heterocycles. The third kappa shape index (κ3) is 3.90. The minimum Gasteiger partial charge on any atom is -0.367 e. The van der Waals surface area contributed by atoms with Crippen molar-refractivity contribution in [2.75, 3.05) is 22.5 Å². The van der Waals surface area contributed by atoms with E-state index in [1.54, 1.807) is 4.52 Å². The number of nitriles is 1. The van der Waals surface area contributed by atoms with Crippen molar-refractivity contribution in [2.45, 2.75) is 38.1 Å². The third-order valence-electron chi connectivity index (χ3n) is 5.78. The van der Waals surface area contributed by atoms with Gasteiger partial charge in [-0.2, -0.15) is 14.9 Å². The zero-order valence-corrected chi connectivity index (χ0v) is 17.2. The van der Waals surface area contributed by atoms with Crippen LogP contribution in [0.4, 0.5) is 23.0 Å². The average molecular weight is 416 g/mol. The molecule has 31 heavy (non-hydrogen) atoms. The van der Waals surface area contributed by atoms with Crippen molar-refractivity contribution < 1.29 is 4.79 Å². The number of benzene rings is 1. The van der Waals surface area contributed by atoms with Crippen LogP contribution in [0.1, 0.15) is 43.2 Å². The average Bonchev–Trinajstić information content (AvgIpc) is 3.66. The molecule has 1 amide bonds. The highest BCUT2D eigenvalue weighted by molar-refractivity contribution is 5.90. The Labute approximate surface area is 179 Å². The summed E-state index contributed by atoms with van der Waals surface area (Å²) in [5.41, 5.74) is 9.42. The molecule has 2 aliphatic carbocycles. The molecule has 3 aromatic rings. The first kappa shape index (κ1) is 19.3. The quantitative estimate of drug-likeness (QED) is 0.465. The summed E-state index contributed by atoms with van der Waals surface area (Å²) in [6.45, 7) is 2.16. The van der Waals surface area contributed by atoms with Crippen molar-refractivity contribution in [2.24, 2.45) is 11.7 Å². The molecule has 2 aromatic heterocycles. The summed E-state index contributed by atoms with van der Waals surface area (Å²) in [6, 6.07) is 10.4. The predicted molar refractivity (Wildman–Crippen MR) is 118 cm³/mol. The highest BCUT2D eigenvalue weighted by Gasteiger charge is 2.38. The fourth-order valence-corrected chi connectivity index (χ4v) is 3.94. The highest BCUT2D eigenvalue weighted by Crippen LogP contribution is 2.49. The van der Waals surface area contributed by atoms with Crippen molar-refractivity contribution in [3.05, 3.63) is 41.6 Å². The molecule has 9 nitrogen and oxygen atoms in total. The number of rotatable bonds is 7. The molecule has 0 unspecified atom stereocenters. The number of hydrogen-bond donors (Lipinski definition) is 4. The van der Waals surface area contributed by atoms with Crippen LogP contribution in [0.2, 0.25) is 0 Å². The largest absolute Gasteiger partial charge is 0.367 e. The van der Waals surface area contributed by atoms with Gasteiger partial charge in [0.1, 0.15) is 23.3 Å². The maximum Gasteiger partial charge on any atom is 0.221 e. The molecule has 0 bridgehead atoms. The summed E-state index contributed by atoms with van der Waals surface area (Å²) in [5.74, 6) is 2.13. The van der Waals surface area contributed by atoms with E-state index in [-0.39, 0.29) is 5.91 Å². The fourth-order valence-electron chi connectivity index (χ4n) is 3.94. The van der Waals surface area contributed by atoms with E-state index in [9.17, 15) is 10.1 Å². The first-order valence-electron chi connectivity index (χ1n) is 10.5. The van der Waals surface area contributed by atoms with E-state index in [0.29, 0.717) is 41.5 Å². The Hall–Kier alpha value is -3.64. The SMILES string of the molecule is CC(=O)Nc1cc(Nc2cc(NC3CC3)n3ncc(C#N)c3n2)ccc1[C@H]1C[C@@H]1CN. The summed E-state index contributed by atoms with van der Waals surface area (Å²) in [5, 5.41) is 23.4. The van der Waals surface area contributed by atoms with Crippen LogP contribution in [0, 0.1) is 17.2 Å². The van der Waals surface area contributed by atoms with Crippen LogP contribution < -0.4 is 21.7 Å². The van der Waals surface area contributed by atoms with Gasteiger partial charge in [-0.3, -0.25) is 4.79 Å². The lowest BCUT2D eigenvalue weighted by Crippen LogP contribution is -2.10. The molecule has 2 saturated carbocycles. The van der Waals surface area contributed by atoms with Gasteiger partial charge < -0.3 is 21.7 Å². The monoisotopic (exact) mass is 416 g/mol. The molecule has 0 spiro atoms. The summed E-state index contributed by atoms with van der Waals surface area (Å²) >= 11 is 0. The minimum atomic E-state index is -0.114. The first-order chi connectivity index (χ1) is 15.1. The molecule has 2 fully saturated rings. The maximum atomic E-state index is 11.8. The minimum absolute atomic E-state index is 0.114. The van der Waals surface area contributed by atoms with Crippen molar-refractivity contribution in [1.29, 1.82) is 5.26 Å². The van der Waals surface area contributed by atoms with Gasteiger partial charge >= 0.3 is 0 Å². The molecule has 5 N–H and O–H groups in total. The van der Waals surface area contributed by atoms with Crippen LogP contribution in [0.5, 0.6) is 0 Å². The van der Waals surface area contributed by atoms with Gasteiger partial charge in [0.2, 0.25) is 5.91 Å². The van der Waals surface area contributed by atoms with E-state index in [1.807, 2.05) is 24.3 Å². The van der Waals surface area contributed by atoms with Crippen molar-refractivity contribution >= 4 is 34.6 Å². The summed E-state index contributed by atoms with van der Waals surface area (Å²) in [4.78, 5) is 16.4. The normalized spacial score (nSPS) is 19.6. The Morgan fingerprint density at radius 2 is 2.19 bits per heavy atom. The van der Waals surface area contributed by atoms with Gasteiger partial charge in [0, 0.05) is 30.4 Å². The molecule has 0 radical (unpaired) electrons. The van der Waals surface area contributed by atoms with Crippen LogP contribution in [-0.4, -0.2) is 33.1 Å². The van der Waals surface area contributed by atoms with E-state index in [1.165, 1.54) is 13.1 Å². The number of aromatic nitrogens is 3. The highest BCUT2D eigenvalue weighted by atomic mass is 16.1. The Balaban J connectivity index is 1.48. The number of nitrogens with zero attached hydrogens (tertiary/aromatic N) is 4. The maximum absolute atomic E-state index is 11.8. The van der Waals surface area contributed by atoms with E-state index in [0.717, 1.165) is 42.0 Å². The van der Waals surface area contributed by atoms with E-state index in [4.69, 9.17) is 5.73 Å². The van der Waals surface area contributed by atoms with Gasteiger partial charge in [-0.15, -0.1) is 0 Å². The zero-order chi connectivity index (χ0) is 21.5. The lowest BCUT2D eigenvalue weighted by Gasteiger charge is -2.15. The number of amides is 1. The molecule has 9 heteroatoms. The lowest BCUT2D eigenvalue weighted by atomic mass is 10.1. The Bertz CT molecular complexity index is 1210. The lowest BCUT2D eigenvalue weighted by molar-refractivity contribution is -0.114. The molecular weight excluding hydrogens is 392 g/mol. The number of nitrogens with one attached hydrogen (secondary N) is 3. The molecule has 5 rings (SSSR count). The standard InChI is InChI=1S/C22H24N8O/c1-12(31)26-19-7-16(4-5-17(19)18-6-13(18)9-23)27-20-8-21(28-15-2-3-15)30-22(29-20)14(10-24)11-25-30/h4-5,7-8,11,13,15,18,28H,2-3,6,9,23H2,1H3,(H,26,31)(H,27,29)/t13-,18+/m1/s1. The van der Waals surface area contributed by atoms with E-state index >= 15 is 0 Å². The molecule has 2 atom stereocenters. The van der Waals surface area contributed by atoms with Crippen LogP contribution in [0.15, 0.2) is 30.5 Å². The second-order valence-electron chi connectivity index (χ2n) is 8.30. The predicted octanol–water partition coefficient (Wildman–Crippen LogP) is 2.94. The van der Waals surface area contributed by atoms with Crippen LogP contribution in [-0.2, 0) is 4.79 Å². The Kier molecular flexibility index (Phi) is 4.71. The van der Waals surface area contributed by atoms with Gasteiger partial charge in [0.25, 0.3) is 0 Å². The molecule has 0 aliphatic heterocycles. The smallest absolute Gasteiger partial charge is 0.221 e. The van der Waals surface area contributed by atoms with Gasteiger partial charge in [-0.1, -0.05) is 6.07 Å². The number of carbonyl (C=O) groups is 1. The fraction of sp³-hybridized carbons (Fsp3) is 0.364. The summed E-state index contributed by atoms with van der Waals surface area (Å²) < 4.78 is 1.66. The van der Waals surface area contributed by atoms with Gasteiger partial charge in [-0.25, -0.2) is 4.98 Å². The second kappa shape index (κ2) is 7.56. The molecule has 158 valence electrons. The van der Waals surface area contributed by atoms with Gasteiger partial charge in [0.15, 0.2) is 5.65 Å². The molecular formula is C22H24N8O. The summed E-state index contributed by atoms with van der Waals surface area (Å²) in [7, 11) is 0. The number of carbonyl (C=O) groups excluding carboxylic acids is 1. The summed E-state index contributed by atoms with van der Waals surface area (Å²) in [6.07, 6.45) is 4.80. The van der Waals surface area contributed by atoms with Crippen LogP contribution in [0.25, 0.3) is 5.65 Å².